The van der Waals surface area contributed by atoms with E-state index >= 15 is 0 Å². The van der Waals surface area contributed by atoms with Crippen molar-refractivity contribution in [1.82, 2.24) is 10.2 Å². The highest BCUT2D eigenvalue weighted by atomic mass is 32.1. The number of nitrogens with zero attached hydrogens (tertiary/aromatic N) is 2. The van der Waals surface area contributed by atoms with E-state index in [1.807, 2.05) is 0 Å². The van der Waals surface area contributed by atoms with Gasteiger partial charge in [-0.15, -0.1) is 10.2 Å². The minimum atomic E-state index is -0.332. The van der Waals surface area contributed by atoms with Gasteiger partial charge in [0.25, 0.3) is 5.91 Å². The number of anilines is 1. The molecule has 1 saturated carbocycles. The predicted molar refractivity (Wildman–Crippen MR) is 85.9 cm³/mol. The third-order valence-electron chi connectivity index (χ3n) is 3.54. The standard InChI is InChI=1S/C15H17N3O4S/c1-20-10-7-12(22-3)11(21-2)6-9(10)13(19)16-15-18-17-14(23-15)8-4-5-8/h6-8H,4-5H2,1-3H3,(H,16,18,19). The molecule has 1 aliphatic rings. The number of benzene rings is 1. The first-order chi connectivity index (χ1) is 11.2. The van der Waals surface area contributed by atoms with Crippen LogP contribution in [0.25, 0.3) is 0 Å². The summed E-state index contributed by atoms with van der Waals surface area (Å²) in [5, 5.41) is 12.3. The number of hydrogen-bond donors (Lipinski definition) is 1. The summed E-state index contributed by atoms with van der Waals surface area (Å²) >= 11 is 1.41. The number of hydrogen-bond acceptors (Lipinski definition) is 7. The largest absolute Gasteiger partial charge is 0.496 e. The Balaban J connectivity index is 1.84. The average molecular weight is 335 g/mol. The summed E-state index contributed by atoms with van der Waals surface area (Å²) in [5.41, 5.74) is 0.341. The van der Waals surface area contributed by atoms with E-state index in [1.165, 1.54) is 32.7 Å². The lowest BCUT2D eigenvalue weighted by molar-refractivity contribution is 0.102. The molecule has 0 atom stereocenters. The second-order valence-corrected chi connectivity index (χ2v) is 6.09. The minimum Gasteiger partial charge on any atom is -0.496 e. The zero-order valence-corrected chi connectivity index (χ0v) is 13.9. The molecule has 0 spiro atoms. The fourth-order valence-electron chi connectivity index (χ4n) is 2.15. The van der Waals surface area contributed by atoms with Crippen LogP contribution in [-0.4, -0.2) is 37.4 Å². The number of aromatic nitrogens is 2. The van der Waals surface area contributed by atoms with Crippen LogP contribution in [0.2, 0.25) is 0 Å². The van der Waals surface area contributed by atoms with Crippen LogP contribution >= 0.6 is 11.3 Å². The zero-order valence-electron chi connectivity index (χ0n) is 13.1. The predicted octanol–water partition coefficient (Wildman–Crippen LogP) is 2.69. The highest BCUT2D eigenvalue weighted by molar-refractivity contribution is 7.15. The van der Waals surface area contributed by atoms with Gasteiger partial charge in [0.15, 0.2) is 11.5 Å². The summed E-state index contributed by atoms with van der Waals surface area (Å²) in [6.07, 6.45) is 2.29. The lowest BCUT2D eigenvalue weighted by atomic mass is 10.1. The van der Waals surface area contributed by atoms with Crippen LogP contribution in [-0.2, 0) is 0 Å². The Bertz CT molecular complexity index is 728. The van der Waals surface area contributed by atoms with Crippen LogP contribution in [0.3, 0.4) is 0 Å². The van der Waals surface area contributed by atoms with E-state index in [0.29, 0.717) is 33.9 Å². The molecule has 0 unspecified atom stereocenters. The summed E-state index contributed by atoms with van der Waals surface area (Å²) in [7, 11) is 4.53. The third kappa shape index (κ3) is 3.21. The Morgan fingerprint density at radius 1 is 1.09 bits per heavy atom. The van der Waals surface area contributed by atoms with Gasteiger partial charge in [-0.2, -0.15) is 0 Å². The number of ether oxygens (including phenoxy) is 3. The first-order valence-corrected chi connectivity index (χ1v) is 7.92. The van der Waals surface area contributed by atoms with Crippen molar-refractivity contribution >= 4 is 22.4 Å². The third-order valence-corrected chi connectivity index (χ3v) is 4.54. The number of methoxy groups -OCH3 is 3. The van der Waals surface area contributed by atoms with Crippen molar-refractivity contribution in [1.29, 1.82) is 0 Å². The van der Waals surface area contributed by atoms with Gasteiger partial charge in [-0.1, -0.05) is 11.3 Å². The van der Waals surface area contributed by atoms with Crippen LogP contribution in [0, 0.1) is 0 Å². The monoisotopic (exact) mass is 335 g/mol. The van der Waals surface area contributed by atoms with Crippen LogP contribution in [0.15, 0.2) is 12.1 Å². The van der Waals surface area contributed by atoms with Crippen molar-refractivity contribution in [2.24, 2.45) is 0 Å². The van der Waals surface area contributed by atoms with E-state index in [1.54, 1.807) is 12.1 Å². The SMILES string of the molecule is COc1cc(OC)c(C(=O)Nc2nnc(C3CC3)s2)cc1OC. The second-order valence-electron chi connectivity index (χ2n) is 5.08. The molecule has 1 aromatic heterocycles. The van der Waals surface area contributed by atoms with Gasteiger partial charge in [-0.25, -0.2) is 0 Å². The Morgan fingerprint density at radius 3 is 2.35 bits per heavy atom. The first-order valence-electron chi connectivity index (χ1n) is 7.11. The van der Waals surface area contributed by atoms with Crippen LogP contribution < -0.4 is 19.5 Å². The molecular weight excluding hydrogens is 318 g/mol. The molecule has 0 radical (unpaired) electrons. The normalized spacial score (nSPS) is 13.5. The summed E-state index contributed by atoms with van der Waals surface area (Å²) in [6.45, 7) is 0. The summed E-state index contributed by atoms with van der Waals surface area (Å²) in [4.78, 5) is 12.5. The maximum atomic E-state index is 12.5. The van der Waals surface area contributed by atoms with Crippen molar-refractivity contribution in [3.8, 4) is 17.2 Å². The van der Waals surface area contributed by atoms with Gasteiger partial charge in [0.05, 0.1) is 26.9 Å². The summed E-state index contributed by atoms with van der Waals surface area (Å²) in [6, 6.07) is 3.19. The minimum absolute atomic E-state index is 0.332. The van der Waals surface area contributed by atoms with Crippen LogP contribution in [0.4, 0.5) is 5.13 Å². The lowest BCUT2D eigenvalue weighted by Crippen LogP contribution is -2.13. The van der Waals surface area contributed by atoms with E-state index in [9.17, 15) is 4.79 Å². The molecule has 1 aliphatic carbocycles. The maximum absolute atomic E-state index is 12.5. The highest BCUT2D eigenvalue weighted by Crippen LogP contribution is 2.42. The van der Waals surface area contributed by atoms with Crippen LogP contribution in [0.1, 0.15) is 34.1 Å². The van der Waals surface area contributed by atoms with Crippen molar-refractivity contribution in [3.05, 3.63) is 22.7 Å². The van der Waals surface area contributed by atoms with Gasteiger partial charge >= 0.3 is 0 Å². The van der Waals surface area contributed by atoms with E-state index in [4.69, 9.17) is 14.2 Å². The van der Waals surface area contributed by atoms with E-state index in [0.717, 1.165) is 17.8 Å². The zero-order chi connectivity index (χ0) is 16.4. The molecule has 0 saturated heterocycles. The van der Waals surface area contributed by atoms with E-state index in [-0.39, 0.29) is 5.91 Å². The molecule has 0 aliphatic heterocycles. The Morgan fingerprint density at radius 2 is 1.74 bits per heavy atom. The molecule has 3 rings (SSSR count). The highest BCUT2D eigenvalue weighted by Gasteiger charge is 2.28. The second kappa shape index (κ2) is 6.41. The van der Waals surface area contributed by atoms with Crippen molar-refractivity contribution in [2.75, 3.05) is 26.6 Å². The molecule has 23 heavy (non-hydrogen) atoms. The van der Waals surface area contributed by atoms with Gasteiger partial charge in [0, 0.05) is 18.1 Å². The van der Waals surface area contributed by atoms with Crippen molar-refractivity contribution in [3.63, 3.8) is 0 Å². The van der Waals surface area contributed by atoms with Crippen molar-refractivity contribution < 1.29 is 19.0 Å². The number of carbonyl (C=O) groups excluding carboxylic acids is 1. The fraction of sp³-hybridized carbons (Fsp3) is 0.400. The summed E-state index contributed by atoms with van der Waals surface area (Å²) < 4.78 is 15.7. The Hall–Kier alpha value is -2.35. The molecule has 7 nitrogen and oxygen atoms in total. The van der Waals surface area contributed by atoms with Crippen LogP contribution in [0.5, 0.6) is 17.2 Å². The fourth-order valence-corrected chi connectivity index (χ4v) is 3.06. The summed E-state index contributed by atoms with van der Waals surface area (Å²) in [5.74, 6) is 1.52. The van der Waals surface area contributed by atoms with Gasteiger partial charge in [-0.3, -0.25) is 10.1 Å². The molecule has 1 amide bonds. The van der Waals surface area contributed by atoms with Gasteiger partial charge in [0.1, 0.15) is 10.8 Å². The van der Waals surface area contributed by atoms with E-state index < -0.39 is 0 Å². The molecule has 2 aromatic rings. The quantitative estimate of drug-likeness (QED) is 0.874. The Kier molecular flexibility index (Phi) is 4.33. The molecular formula is C15H17N3O4S. The maximum Gasteiger partial charge on any atom is 0.261 e. The number of nitrogens with one attached hydrogen (secondary N) is 1. The Labute approximate surface area is 137 Å². The lowest BCUT2D eigenvalue weighted by Gasteiger charge is -2.13. The van der Waals surface area contributed by atoms with E-state index in [2.05, 4.69) is 15.5 Å². The number of rotatable bonds is 6. The average Bonchev–Trinajstić information content (AvgIpc) is 3.33. The number of amides is 1. The molecule has 1 fully saturated rings. The number of carbonyl (C=O) groups is 1. The molecule has 0 bridgehead atoms. The first kappa shape index (κ1) is 15.5. The van der Waals surface area contributed by atoms with Gasteiger partial charge in [0.2, 0.25) is 5.13 Å². The molecule has 8 heteroatoms. The topological polar surface area (TPSA) is 82.6 Å². The van der Waals surface area contributed by atoms with Gasteiger partial charge in [-0.05, 0) is 12.8 Å². The molecule has 122 valence electrons. The molecule has 1 N–H and O–H groups in total. The van der Waals surface area contributed by atoms with Crippen molar-refractivity contribution in [2.45, 2.75) is 18.8 Å². The smallest absolute Gasteiger partial charge is 0.261 e. The molecule has 1 aromatic carbocycles. The van der Waals surface area contributed by atoms with Gasteiger partial charge < -0.3 is 14.2 Å². The molecule has 1 heterocycles.